The van der Waals surface area contributed by atoms with E-state index in [4.69, 9.17) is 0 Å². The van der Waals surface area contributed by atoms with Gasteiger partial charge in [-0.05, 0) is 68.3 Å². The predicted molar refractivity (Wildman–Crippen MR) is 91.4 cm³/mol. The number of rotatable bonds is 3. The van der Waals surface area contributed by atoms with Gasteiger partial charge in [-0.2, -0.15) is 5.10 Å². The molecular weight excluding hydrogens is 448 g/mol. The van der Waals surface area contributed by atoms with Crippen molar-refractivity contribution in [2.75, 3.05) is 0 Å². The molecule has 0 N–H and O–H groups in total. The van der Waals surface area contributed by atoms with Crippen molar-refractivity contribution in [2.24, 2.45) is 0 Å². The van der Waals surface area contributed by atoms with Gasteiger partial charge >= 0.3 is 0 Å². The lowest BCUT2D eigenvalue weighted by Crippen LogP contribution is -2.00. The van der Waals surface area contributed by atoms with Crippen LogP contribution in [0.4, 0.5) is 4.39 Å². The summed E-state index contributed by atoms with van der Waals surface area (Å²) in [5.74, 6) is 0.423. The van der Waals surface area contributed by atoms with Crippen LogP contribution < -0.4 is 0 Å². The van der Waals surface area contributed by atoms with Crippen LogP contribution in [0.2, 0.25) is 0 Å². The monoisotopic (exact) mass is 457 g/mol. The fourth-order valence-corrected chi connectivity index (χ4v) is 2.93. The van der Waals surface area contributed by atoms with Gasteiger partial charge in [-0.25, -0.2) is 14.1 Å². The van der Waals surface area contributed by atoms with Crippen molar-refractivity contribution >= 4 is 38.5 Å². The van der Waals surface area contributed by atoms with Crippen molar-refractivity contribution in [3.05, 3.63) is 68.2 Å². The molecule has 1 heterocycles. The van der Waals surface area contributed by atoms with Gasteiger partial charge in [0.25, 0.3) is 0 Å². The van der Waals surface area contributed by atoms with Gasteiger partial charge in [0.05, 0.1) is 11.0 Å². The Kier molecular flexibility index (Phi) is 4.34. The molecule has 21 heavy (non-hydrogen) atoms. The Bertz CT molecular complexity index is 788. The summed E-state index contributed by atoms with van der Waals surface area (Å²) in [5.41, 5.74) is 1.95. The number of benzene rings is 2. The Morgan fingerprint density at radius 3 is 2.81 bits per heavy atom. The summed E-state index contributed by atoms with van der Waals surface area (Å²) in [7, 11) is 0. The van der Waals surface area contributed by atoms with Gasteiger partial charge in [-0.3, -0.25) is 0 Å². The maximum atomic E-state index is 13.2. The van der Waals surface area contributed by atoms with Gasteiger partial charge in [0.15, 0.2) is 5.82 Å². The second-order valence-corrected chi connectivity index (χ2v) is 6.62. The van der Waals surface area contributed by atoms with Crippen LogP contribution in [0.5, 0.6) is 0 Å². The number of halogens is 3. The average molecular weight is 458 g/mol. The zero-order valence-corrected chi connectivity index (χ0v) is 14.5. The first-order valence-corrected chi connectivity index (χ1v) is 8.08. The van der Waals surface area contributed by atoms with Gasteiger partial charge < -0.3 is 0 Å². The largest absolute Gasteiger partial charge is 0.248 e. The van der Waals surface area contributed by atoms with Crippen LogP contribution in [0, 0.1) is 9.39 Å². The molecule has 106 valence electrons. The van der Waals surface area contributed by atoms with E-state index in [1.165, 1.54) is 6.07 Å². The maximum absolute atomic E-state index is 13.2. The third-order valence-corrected chi connectivity index (χ3v) is 4.23. The number of nitrogens with zero attached hydrogens (tertiary/aromatic N) is 3. The van der Waals surface area contributed by atoms with E-state index in [9.17, 15) is 4.39 Å². The van der Waals surface area contributed by atoms with E-state index in [2.05, 4.69) is 48.6 Å². The lowest BCUT2D eigenvalue weighted by atomic mass is 10.2. The molecule has 0 bridgehead atoms. The van der Waals surface area contributed by atoms with Crippen LogP contribution in [-0.2, 0) is 6.54 Å². The van der Waals surface area contributed by atoms with E-state index in [0.29, 0.717) is 16.8 Å². The molecule has 2 aromatic carbocycles. The number of hydrogen-bond acceptors (Lipinski definition) is 2. The lowest BCUT2D eigenvalue weighted by Gasteiger charge is -2.02. The highest BCUT2D eigenvalue weighted by molar-refractivity contribution is 14.1. The van der Waals surface area contributed by atoms with Gasteiger partial charge in [0.2, 0.25) is 0 Å². The molecule has 3 aromatic rings. The fourth-order valence-electron chi connectivity index (χ4n) is 1.96. The first-order chi connectivity index (χ1) is 10.1. The molecule has 0 spiro atoms. The molecule has 0 saturated carbocycles. The van der Waals surface area contributed by atoms with Crippen LogP contribution in [0.15, 0.2) is 53.3 Å². The minimum Gasteiger partial charge on any atom is -0.248 e. The quantitative estimate of drug-likeness (QED) is 0.542. The van der Waals surface area contributed by atoms with Gasteiger partial charge in [0, 0.05) is 9.13 Å². The Balaban J connectivity index is 1.83. The van der Waals surface area contributed by atoms with Crippen molar-refractivity contribution in [3.8, 4) is 11.4 Å². The van der Waals surface area contributed by atoms with Crippen molar-refractivity contribution in [1.29, 1.82) is 0 Å². The van der Waals surface area contributed by atoms with Crippen LogP contribution in [0.1, 0.15) is 5.56 Å². The summed E-state index contributed by atoms with van der Waals surface area (Å²) in [6.07, 6.45) is 1.69. The molecule has 0 aliphatic heterocycles. The Labute approximate surface area is 143 Å². The molecule has 1 aromatic heterocycles. The van der Waals surface area contributed by atoms with Crippen LogP contribution in [0.25, 0.3) is 11.4 Å². The highest BCUT2D eigenvalue weighted by Gasteiger charge is 2.06. The normalized spacial score (nSPS) is 10.8. The molecule has 0 aliphatic rings. The Morgan fingerprint density at radius 1 is 1.19 bits per heavy atom. The van der Waals surface area contributed by atoms with E-state index in [1.807, 2.05) is 24.3 Å². The Morgan fingerprint density at radius 2 is 2.05 bits per heavy atom. The predicted octanol–water partition coefficient (Wildman–Crippen LogP) is 4.50. The van der Waals surface area contributed by atoms with E-state index in [1.54, 1.807) is 23.1 Å². The topological polar surface area (TPSA) is 30.7 Å². The molecule has 0 fully saturated rings. The first kappa shape index (κ1) is 14.6. The molecule has 3 rings (SSSR count). The molecule has 0 amide bonds. The van der Waals surface area contributed by atoms with Crippen LogP contribution >= 0.6 is 38.5 Å². The second-order valence-electron chi connectivity index (χ2n) is 4.52. The van der Waals surface area contributed by atoms with E-state index in [0.717, 1.165) is 14.7 Å². The van der Waals surface area contributed by atoms with Gasteiger partial charge in [-0.1, -0.05) is 18.2 Å². The standard InChI is InChI=1S/C15H10BrFIN3/c16-13-6-10(4-5-14(13)17)8-21-9-19-15(20-21)11-2-1-3-12(18)7-11/h1-7,9H,8H2. The molecule has 0 radical (unpaired) electrons. The van der Waals surface area contributed by atoms with E-state index >= 15 is 0 Å². The van der Waals surface area contributed by atoms with E-state index < -0.39 is 0 Å². The summed E-state index contributed by atoms with van der Waals surface area (Å²) < 4.78 is 16.6. The Hall–Kier alpha value is -1.28. The maximum Gasteiger partial charge on any atom is 0.181 e. The third kappa shape index (κ3) is 3.49. The lowest BCUT2D eigenvalue weighted by molar-refractivity contribution is 0.617. The fraction of sp³-hybridized carbons (Fsp3) is 0.0667. The van der Waals surface area contributed by atoms with E-state index in [-0.39, 0.29) is 5.82 Å². The smallest absolute Gasteiger partial charge is 0.181 e. The molecule has 0 saturated heterocycles. The van der Waals surface area contributed by atoms with Gasteiger partial charge in [-0.15, -0.1) is 0 Å². The third-order valence-electron chi connectivity index (χ3n) is 2.95. The second kappa shape index (κ2) is 6.23. The minimum absolute atomic E-state index is 0.267. The zero-order chi connectivity index (χ0) is 14.8. The molecule has 0 aliphatic carbocycles. The summed E-state index contributed by atoms with van der Waals surface area (Å²) in [5, 5.41) is 4.46. The van der Waals surface area contributed by atoms with Crippen molar-refractivity contribution in [2.45, 2.75) is 6.54 Å². The molecule has 3 nitrogen and oxygen atoms in total. The van der Waals surface area contributed by atoms with Crippen LogP contribution in [0.3, 0.4) is 0 Å². The highest BCUT2D eigenvalue weighted by Crippen LogP contribution is 2.19. The molecule has 0 unspecified atom stereocenters. The van der Waals surface area contributed by atoms with Crippen molar-refractivity contribution < 1.29 is 4.39 Å². The summed E-state index contributed by atoms with van der Waals surface area (Å²) >= 11 is 5.45. The summed E-state index contributed by atoms with van der Waals surface area (Å²) in [6.45, 7) is 0.551. The summed E-state index contributed by atoms with van der Waals surface area (Å²) in [4.78, 5) is 4.33. The SMILES string of the molecule is Fc1ccc(Cn2cnc(-c3cccc(I)c3)n2)cc1Br. The van der Waals surface area contributed by atoms with Crippen molar-refractivity contribution in [3.63, 3.8) is 0 Å². The number of aromatic nitrogens is 3. The average Bonchev–Trinajstić information content (AvgIpc) is 2.91. The molecule has 0 atom stereocenters. The van der Waals surface area contributed by atoms with Gasteiger partial charge in [0.1, 0.15) is 12.1 Å². The molecular formula is C15H10BrFIN3. The first-order valence-electron chi connectivity index (χ1n) is 6.21. The zero-order valence-electron chi connectivity index (χ0n) is 10.8. The van der Waals surface area contributed by atoms with Crippen molar-refractivity contribution in [1.82, 2.24) is 14.8 Å². The number of hydrogen-bond donors (Lipinski definition) is 0. The minimum atomic E-state index is -0.267. The summed E-state index contributed by atoms with van der Waals surface area (Å²) in [6, 6.07) is 13.0. The molecule has 6 heteroatoms. The van der Waals surface area contributed by atoms with Crippen LogP contribution in [-0.4, -0.2) is 14.8 Å². The highest BCUT2D eigenvalue weighted by atomic mass is 127.